The molecule has 4 heteroatoms. The standard InChI is InChI=1S/C14H15BrN2O/c15-13-3-8-1-9(4-13)14(10(2-8)5-13)11(6-16)12(7-17)18-14/h8-12H,1-5H2/t8?,9-,10+,11-,12-,13?,14?/m1/s1. The van der Waals surface area contributed by atoms with Crippen molar-refractivity contribution in [2.24, 2.45) is 23.7 Å². The number of hydrogen-bond donors (Lipinski definition) is 0. The SMILES string of the molecule is N#C[C@@H]1[C@@H](C#N)OC12[C@@H]1CC3C[C@H]2CC(Br)(C3)C1. The van der Waals surface area contributed by atoms with Crippen molar-refractivity contribution in [1.29, 1.82) is 10.5 Å². The van der Waals surface area contributed by atoms with Gasteiger partial charge in [-0.1, -0.05) is 15.9 Å². The highest BCUT2D eigenvalue weighted by atomic mass is 79.9. The Hall–Kier alpha value is -0.580. The van der Waals surface area contributed by atoms with Gasteiger partial charge in [-0.2, -0.15) is 10.5 Å². The van der Waals surface area contributed by atoms with Crippen molar-refractivity contribution >= 4 is 15.9 Å². The lowest BCUT2D eigenvalue weighted by Gasteiger charge is -2.68. The average molecular weight is 307 g/mol. The zero-order valence-electron chi connectivity index (χ0n) is 10.1. The Morgan fingerprint density at radius 3 is 2.22 bits per heavy atom. The summed E-state index contributed by atoms with van der Waals surface area (Å²) >= 11 is 3.93. The van der Waals surface area contributed by atoms with Gasteiger partial charge in [-0.3, -0.25) is 0 Å². The molecule has 0 amide bonds. The molecule has 94 valence electrons. The molecule has 5 rings (SSSR count). The third-order valence-electron chi connectivity index (χ3n) is 5.78. The van der Waals surface area contributed by atoms with Crippen molar-refractivity contribution in [3.63, 3.8) is 0 Å². The van der Waals surface area contributed by atoms with Crippen LogP contribution in [-0.4, -0.2) is 16.0 Å². The largest absolute Gasteiger partial charge is 0.353 e. The normalized spacial score (nSPS) is 60.1. The highest BCUT2D eigenvalue weighted by Gasteiger charge is 2.71. The van der Waals surface area contributed by atoms with Gasteiger partial charge in [0, 0.05) is 4.32 Å². The van der Waals surface area contributed by atoms with Gasteiger partial charge in [0.15, 0.2) is 6.10 Å². The zero-order valence-corrected chi connectivity index (χ0v) is 11.7. The maximum absolute atomic E-state index is 9.41. The smallest absolute Gasteiger partial charge is 0.163 e. The van der Waals surface area contributed by atoms with E-state index in [0.717, 1.165) is 18.8 Å². The summed E-state index contributed by atoms with van der Waals surface area (Å²) in [5.41, 5.74) is -0.274. The molecule has 3 nitrogen and oxygen atoms in total. The van der Waals surface area contributed by atoms with Crippen LogP contribution in [0.2, 0.25) is 0 Å². The van der Waals surface area contributed by atoms with Crippen LogP contribution in [0.25, 0.3) is 0 Å². The third kappa shape index (κ3) is 1.12. The fourth-order valence-electron chi connectivity index (χ4n) is 5.40. The van der Waals surface area contributed by atoms with Gasteiger partial charge in [0.1, 0.15) is 5.92 Å². The molecule has 7 atom stereocenters. The zero-order chi connectivity index (χ0) is 12.5. The number of nitriles is 2. The van der Waals surface area contributed by atoms with Crippen LogP contribution in [0.3, 0.4) is 0 Å². The highest BCUT2D eigenvalue weighted by molar-refractivity contribution is 9.10. The van der Waals surface area contributed by atoms with E-state index in [9.17, 15) is 5.26 Å². The van der Waals surface area contributed by atoms with E-state index in [1.54, 1.807) is 0 Å². The van der Waals surface area contributed by atoms with Gasteiger partial charge >= 0.3 is 0 Å². The quantitative estimate of drug-likeness (QED) is 0.647. The number of halogens is 1. The Morgan fingerprint density at radius 1 is 1.06 bits per heavy atom. The van der Waals surface area contributed by atoms with Crippen LogP contribution < -0.4 is 0 Å². The molecule has 4 aliphatic carbocycles. The van der Waals surface area contributed by atoms with E-state index in [1.165, 1.54) is 19.3 Å². The summed E-state index contributed by atoms with van der Waals surface area (Å²) in [5, 5.41) is 18.4. The van der Waals surface area contributed by atoms with Crippen LogP contribution in [0, 0.1) is 46.3 Å². The summed E-state index contributed by atoms with van der Waals surface area (Å²) < 4.78 is 6.30. The van der Waals surface area contributed by atoms with E-state index < -0.39 is 6.10 Å². The molecular weight excluding hydrogens is 292 g/mol. The van der Waals surface area contributed by atoms with Crippen LogP contribution >= 0.6 is 15.9 Å². The minimum atomic E-state index is -0.487. The predicted octanol–water partition coefficient (Wildman–Crippen LogP) is 2.76. The van der Waals surface area contributed by atoms with Crippen molar-refractivity contribution in [2.45, 2.75) is 48.1 Å². The van der Waals surface area contributed by atoms with Gasteiger partial charge < -0.3 is 4.74 Å². The minimum Gasteiger partial charge on any atom is -0.353 e. The average Bonchev–Trinajstić information content (AvgIpc) is 2.25. The third-order valence-corrected chi connectivity index (χ3v) is 6.75. The molecule has 1 spiro atoms. The molecule has 5 aliphatic rings. The molecule has 4 bridgehead atoms. The van der Waals surface area contributed by atoms with Gasteiger partial charge in [-0.05, 0) is 49.9 Å². The maximum Gasteiger partial charge on any atom is 0.163 e. The van der Waals surface area contributed by atoms with Crippen molar-refractivity contribution in [1.82, 2.24) is 0 Å². The van der Waals surface area contributed by atoms with Crippen LogP contribution in [0.1, 0.15) is 32.1 Å². The minimum absolute atomic E-state index is 0.200. The summed E-state index contributed by atoms with van der Waals surface area (Å²) in [6.45, 7) is 0. The topological polar surface area (TPSA) is 56.8 Å². The van der Waals surface area contributed by atoms with Crippen LogP contribution in [0.5, 0.6) is 0 Å². The molecule has 1 heterocycles. The molecule has 4 saturated carbocycles. The molecule has 0 aromatic heterocycles. The summed E-state index contributed by atoms with van der Waals surface area (Å²) in [5.74, 6) is 1.57. The number of alkyl halides is 1. The molecule has 1 saturated heterocycles. The van der Waals surface area contributed by atoms with Gasteiger partial charge in [0.05, 0.1) is 17.7 Å². The lowest BCUT2D eigenvalue weighted by atomic mass is 9.45. The Balaban J connectivity index is 1.73. The molecule has 3 unspecified atom stereocenters. The van der Waals surface area contributed by atoms with Crippen LogP contribution in [-0.2, 0) is 4.74 Å². The van der Waals surface area contributed by atoms with E-state index >= 15 is 0 Å². The predicted molar refractivity (Wildman–Crippen MR) is 67.5 cm³/mol. The fraction of sp³-hybridized carbons (Fsp3) is 0.857. The van der Waals surface area contributed by atoms with Crippen molar-refractivity contribution in [3.8, 4) is 12.1 Å². The van der Waals surface area contributed by atoms with Crippen molar-refractivity contribution in [2.75, 3.05) is 0 Å². The van der Waals surface area contributed by atoms with Gasteiger partial charge in [-0.15, -0.1) is 0 Å². The van der Waals surface area contributed by atoms with Crippen LogP contribution in [0.4, 0.5) is 0 Å². The van der Waals surface area contributed by atoms with Crippen molar-refractivity contribution < 1.29 is 4.74 Å². The lowest BCUT2D eigenvalue weighted by molar-refractivity contribution is -0.312. The number of ether oxygens (including phenoxy) is 1. The Morgan fingerprint density at radius 2 is 1.72 bits per heavy atom. The fourth-order valence-corrected chi connectivity index (χ4v) is 6.64. The lowest BCUT2D eigenvalue weighted by Crippen LogP contribution is -2.73. The molecule has 0 aromatic carbocycles. The van der Waals surface area contributed by atoms with E-state index in [-0.39, 0.29) is 11.5 Å². The first-order valence-corrected chi connectivity index (χ1v) is 7.56. The van der Waals surface area contributed by atoms with Crippen molar-refractivity contribution in [3.05, 3.63) is 0 Å². The Labute approximate surface area is 115 Å². The number of rotatable bonds is 0. The highest BCUT2D eigenvalue weighted by Crippen LogP contribution is 2.68. The maximum atomic E-state index is 9.41. The first-order chi connectivity index (χ1) is 8.61. The molecule has 0 aromatic rings. The van der Waals surface area contributed by atoms with E-state index in [2.05, 4.69) is 28.1 Å². The monoisotopic (exact) mass is 306 g/mol. The molecule has 18 heavy (non-hydrogen) atoms. The van der Waals surface area contributed by atoms with E-state index in [4.69, 9.17) is 10.00 Å². The van der Waals surface area contributed by atoms with Gasteiger partial charge in [0.2, 0.25) is 0 Å². The second kappa shape index (κ2) is 3.30. The number of nitrogens with zero attached hydrogens (tertiary/aromatic N) is 2. The summed E-state index contributed by atoms with van der Waals surface area (Å²) in [6, 6.07) is 4.51. The van der Waals surface area contributed by atoms with E-state index in [0.29, 0.717) is 16.2 Å². The van der Waals surface area contributed by atoms with E-state index in [1.807, 2.05) is 0 Å². The molecule has 0 radical (unpaired) electrons. The second-order valence-corrected chi connectivity index (χ2v) is 8.30. The summed E-state index contributed by atoms with van der Waals surface area (Å²) in [6.07, 6.45) is 5.43. The van der Waals surface area contributed by atoms with Gasteiger partial charge in [0.25, 0.3) is 0 Å². The second-order valence-electron chi connectivity index (χ2n) is 6.62. The molecule has 0 N–H and O–H groups in total. The Bertz CT molecular complexity index is 475. The summed E-state index contributed by atoms with van der Waals surface area (Å²) in [4.78, 5) is 0. The Kier molecular flexibility index (Phi) is 2.06. The van der Waals surface area contributed by atoms with Crippen LogP contribution in [0.15, 0.2) is 0 Å². The molecular formula is C14H15BrN2O. The molecule has 5 fully saturated rings. The molecule has 1 aliphatic heterocycles. The van der Waals surface area contributed by atoms with Gasteiger partial charge in [-0.25, -0.2) is 0 Å². The first-order valence-electron chi connectivity index (χ1n) is 6.77. The first kappa shape index (κ1) is 11.3. The number of hydrogen-bond acceptors (Lipinski definition) is 3. The summed E-state index contributed by atoms with van der Waals surface area (Å²) in [7, 11) is 0.